The van der Waals surface area contributed by atoms with Gasteiger partial charge in [-0.1, -0.05) is 24.3 Å². The second kappa shape index (κ2) is 10.6. The van der Waals surface area contributed by atoms with E-state index in [1.54, 1.807) is 38.5 Å². The van der Waals surface area contributed by atoms with Crippen LogP contribution in [0.4, 0.5) is 4.39 Å². The molecular formula is C35H30FN3O3. The van der Waals surface area contributed by atoms with Gasteiger partial charge in [0.25, 0.3) is 0 Å². The Morgan fingerprint density at radius 1 is 0.952 bits per heavy atom. The van der Waals surface area contributed by atoms with Crippen molar-refractivity contribution in [3.05, 3.63) is 124 Å². The molecule has 2 unspecified atom stereocenters. The Morgan fingerprint density at radius 2 is 1.76 bits per heavy atom. The number of halogens is 1. The number of benzene rings is 4. The van der Waals surface area contributed by atoms with Gasteiger partial charge in [-0.3, -0.25) is 4.90 Å². The highest BCUT2D eigenvalue weighted by atomic mass is 19.1. The van der Waals surface area contributed by atoms with E-state index >= 15 is 0 Å². The first-order valence-corrected chi connectivity index (χ1v) is 14.1. The van der Waals surface area contributed by atoms with Crippen molar-refractivity contribution in [1.82, 2.24) is 9.88 Å². The highest BCUT2D eigenvalue weighted by Gasteiger charge is 2.41. The molecule has 5 aromatic rings. The zero-order valence-corrected chi connectivity index (χ0v) is 23.5. The predicted molar refractivity (Wildman–Crippen MR) is 158 cm³/mol. The molecule has 0 saturated carbocycles. The van der Waals surface area contributed by atoms with Crippen LogP contribution in [-0.4, -0.2) is 30.6 Å². The van der Waals surface area contributed by atoms with Gasteiger partial charge in [-0.15, -0.1) is 0 Å². The summed E-state index contributed by atoms with van der Waals surface area (Å²) in [6.07, 6.45) is 1.67. The van der Waals surface area contributed by atoms with Gasteiger partial charge in [0.2, 0.25) is 0 Å². The Morgan fingerprint density at radius 3 is 2.50 bits per heavy atom. The van der Waals surface area contributed by atoms with Crippen LogP contribution in [0.2, 0.25) is 0 Å². The van der Waals surface area contributed by atoms with Gasteiger partial charge < -0.3 is 19.2 Å². The van der Waals surface area contributed by atoms with Crippen LogP contribution in [0, 0.1) is 17.1 Å². The number of nitrogens with zero attached hydrogens (tertiary/aromatic N) is 2. The highest BCUT2D eigenvalue weighted by Crippen LogP contribution is 2.50. The molecule has 2 aliphatic heterocycles. The molecule has 0 spiro atoms. The smallest absolute Gasteiger partial charge is 0.161 e. The topological polar surface area (TPSA) is 70.5 Å². The summed E-state index contributed by atoms with van der Waals surface area (Å²) < 4.78 is 31.6. The van der Waals surface area contributed by atoms with E-state index in [9.17, 15) is 4.39 Å². The maximum absolute atomic E-state index is 14.0. The molecule has 2 atom stereocenters. The number of nitrogens with one attached hydrogen (secondary N) is 1. The summed E-state index contributed by atoms with van der Waals surface area (Å²) in [7, 11) is 3.36. The summed E-state index contributed by atoms with van der Waals surface area (Å²) in [5.41, 5.74) is 8.60. The summed E-state index contributed by atoms with van der Waals surface area (Å²) in [4.78, 5) is 6.23. The molecule has 0 saturated heterocycles. The monoisotopic (exact) mass is 559 g/mol. The van der Waals surface area contributed by atoms with Crippen molar-refractivity contribution in [3.63, 3.8) is 0 Å². The van der Waals surface area contributed by atoms with Gasteiger partial charge in [0, 0.05) is 29.2 Å². The second-order valence-electron chi connectivity index (χ2n) is 10.9. The number of methoxy groups -OCH3 is 2. The van der Waals surface area contributed by atoms with Gasteiger partial charge in [0.15, 0.2) is 11.5 Å². The largest absolute Gasteiger partial charge is 0.497 e. The Hall–Kier alpha value is -4.80. The average molecular weight is 560 g/mol. The van der Waals surface area contributed by atoms with Crippen LogP contribution in [-0.2, 0) is 19.4 Å². The number of aromatic amines is 1. The molecule has 2 aliphatic rings. The van der Waals surface area contributed by atoms with Gasteiger partial charge in [-0.05, 0) is 95.3 Å². The first-order valence-electron chi connectivity index (χ1n) is 14.1. The van der Waals surface area contributed by atoms with Gasteiger partial charge >= 0.3 is 0 Å². The average Bonchev–Trinajstić information content (AvgIpc) is 3.40. The molecule has 42 heavy (non-hydrogen) atoms. The lowest BCUT2D eigenvalue weighted by molar-refractivity contribution is 0.127. The molecule has 7 rings (SSSR count). The van der Waals surface area contributed by atoms with Gasteiger partial charge in [0.1, 0.15) is 18.2 Å². The van der Waals surface area contributed by atoms with E-state index in [0.29, 0.717) is 23.7 Å². The van der Waals surface area contributed by atoms with Crippen LogP contribution in [0.5, 0.6) is 17.2 Å². The summed E-state index contributed by atoms with van der Waals surface area (Å²) in [5.74, 6) is 1.97. The van der Waals surface area contributed by atoms with Crippen LogP contribution in [0.15, 0.2) is 78.9 Å². The molecule has 1 aromatic heterocycles. The minimum absolute atomic E-state index is 0.0517. The third-order valence-electron chi connectivity index (χ3n) is 8.64. The summed E-state index contributed by atoms with van der Waals surface area (Å²) in [6.45, 7) is 1.23. The molecule has 6 nitrogen and oxygen atoms in total. The quantitative estimate of drug-likeness (QED) is 0.242. The fourth-order valence-electron chi connectivity index (χ4n) is 6.56. The van der Waals surface area contributed by atoms with E-state index in [1.807, 2.05) is 30.3 Å². The minimum Gasteiger partial charge on any atom is -0.497 e. The lowest BCUT2D eigenvalue weighted by Gasteiger charge is -2.46. The molecule has 7 heteroatoms. The first kappa shape index (κ1) is 26.1. The van der Waals surface area contributed by atoms with Crippen molar-refractivity contribution in [1.29, 1.82) is 5.26 Å². The van der Waals surface area contributed by atoms with Gasteiger partial charge in [-0.2, -0.15) is 5.26 Å². The zero-order chi connectivity index (χ0) is 28.8. The number of H-pyrrole nitrogens is 1. The predicted octanol–water partition coefficient (Wildman–Crippen LogP) is 7.02. The van der Waals surface area contributed by atoms with E-state index in [1.165, 1.54) is 16.7 Å². The Kier molecular flexibility index (Phi) is 6.56. The zero-order valence-electron chi connectivity index (χ0n) is 23.5. The van der Waals surface area contributed by atoms with Crippen molar-refractivity contribution < 1.29 is 18.6 Å². The fourth-order valence-corrected chi connectivity index (χ4v) is 6.56. The molecule has 3 heterocycles. The van der Waals surface area contributed by atoms with E-state index in [-0.39, 0.29) is 17.9 Å². The third-order valence-corrected chi connectivity index (χ3v) is 8.64. The van der Waals surface area contributed by atoms with Crippen LogP contribution in [0.3, 0.4) is 0 Å². The van der Waals surface area contributed by atoms with Crippen LogP contribution < -0.4 is 14.2 Å². The van der Waals surface area contributed by atoms with E-state index in [2.05, 4.69) is 40.2 Å². The number of hydrogen-bond acceptors (Lipinski definition) is 5. The van der Waals surface area contributed by atoms with Crippen molar-refractivity contribution >= 4 is 10.9 Å². The fraction of sp³-hybridized carbons (Fsp3) is 0.229. The first-order chi connectivity index (χ1) is 20.6. The minimum atomic E-state index is -0.241. The summed E-state index contributed by atoms with van der Waals surface area (Å²) in [6, 6.07) is 26.9. The molecule has 210 valence electrons. The second-order valence-corrected chi connectivity index (χ2v) is 10.9. The molecule has 0 radical (unpaired) electrons. The SMILES string of the molecule is COc1ccc2[nH]c3c(c2c1)CC1c2cc(OC)c(OCc4ccc(C#N)cc4)cc2CCN1C3c1ccc(F)cc1. The Labute approximate surface area is 243 Å². The molecule has 0 aliphatic carbocycles. The Bertz CT molecular complexity index is 1820. The van der Waals surface area contributed by atoms with Crippen molar-refractivity contribution in [3.8, 4) is 23.3 Å². The van der Waals surface area contributed by atoms with Gasteiger partial charge in [0.05, 0.1) is 31.9 Å². The normalized spacial score (nSPS) is 17.6. The maximum Gasteiger partial charge on any atom is 0.161 e. The Balaban J connectivity index is 1.29. The molecule has 4 aromatic carbocycles. The van der Waals surface area contributed by atoms with Crippen molar-refractivity contribution in [2.45, 2.75) is 31.5 Å². The third kappa shape index (κ3) is 4.45. The molecule has 0 fully saturated rings. The lowest BCUT2D eigenvalue weighted by Crippen LogP contribution is -2.43. The molecule has 0 bridgehead atoms. The van der Waals surface area contributed by atoms with Crippen molar-refractivity contribution in [2.75, 3.05) is 20.8 Å². The van der Waals surface area contributed by atoms with Crippen LogP contribution in [0.1, 0.15) is 51.2 Å². The van der Waals surface area contributed by atoms with Gasteiger partial charge in [-0.25, -0.2) is 4.39 Å². The molecule has 0 amide bonds. The molecule has 1 N–H and O–H groups in total. The number of nitriles is 1. The number of fused-ring (bicyclic) bond motifs is 6. The number of aromatic nitrogens is 1. The maximum atomic E-state index is 14.0. The molecular weight excluding hydrogens is 529 g/mol. The highest BCUT2D eigenvalue weighted by molar-refractivity contribution is 5.87. The number of hydrogen-bond donors (Lipinski definition) is 1. The van der Waals surface area contributed by atoms with E-state index in [4.69, 9.17) is 19.5 Å². The standard InChI is InChI=1S/C35H30FN3O3/c1-40-26-11-12-30-28(16-26)29-17-31-27-18-32(41-2)33(42-20-22-5-3-21(19-37)4-6-22)15-24(27)13-14-39(31)35(34(29)38-30)23-7-9-25(36)10-8-23/h3-12,15-16,18,31,35,38H,13-14,17,20H2,1-2H3. The summed E-state index contributed by atoms with van der Waals surface area (Å²) >= 11 is 0. The number of ether oxygens (including phenoxy) is 3. The summed E-state index contributed by atoms with van der Waals surface area (Å²) in [5, 5.41) is 10.2. The van der Waals surface area contributed by atoms with E-state index in [0.717, 1.165) is 52.9 Å². The van der Waals surface area contributed by atoms with Crippen molar-refractivity contribution in [2.24, 2.45) is 0 Å². The van der Waals surface area contributed by atoms with Crippen LogP contribution in [0.25, 0.3) is 10.9 Å². The van der Waals surface area contributed by atoms with E-state index < -0.39 is 0 Å². The lowest BCUT2D eigenvalue weighted by atomic mass is 9.80. The number of rotatable bonds is 6. The van der Waals surface area contributed by atoms with Crippen LogP contribution >= 0.6 is 0 Å².